The number of hydrogen-bond donors (Lipinski definition) is 2. The van der Waals surface area contributed by atoms with Crippen LogP contribution in [0.25, 0.3) is 0 Å². The van der Waals surface area contributed by atoms with E-state index in [2.05, 4.69) is 10.1 Å². The zero-order chi connectivity index (χ0) is 14.5. The zero-order valence-corrected chi connectivity index (χ0v) is 10.9. The van der Waals surface area contributed by atoms with Gasteiger partial charge in [0, 0.05) is 16.9 Å². The van der Waals surface area contributed by atoms with Gasteiger partial charge in [0.15, 0.2) is 0 Å². The molecule has 0 aliphatic carbocycles. The number of nitrogens with one attached hydrogen (secondary N) is 1. The zero-order valence-electron chi connectivity index (χ0n) is 10.9. The highest BCUT2D eigenvalue weighted by atomic mass is 16.5. The van der Waals surface area contributed by atoms with E-state index in [1.807, 2.05) is 0 Å². The van der Waals surface area contributed by atoms with E-state index in [4.69, 9.17) is 5.73 Å². The topological polar surface area (TPSA) is 81.4 Å². The second kappa shape index (κ2) is 5.88. The van der Waals surface area contributed by atoms with Crippen LogP contribution in [0.2, 0.25) is 0 Å². The van der Waals surface area contributed by atoms with Crippen LogP contribution in [0.3, 0.4) is 0 Å². The number of anilines is 2. The van der Waals surface area contributed by atoms with Crippen LogP contribution in [0.4, 0.5) is 11.4 Å². The van der Waals surface area contributed by atoms with Crippen molar-refractivity contribution in [3.05, 3.63) is 59.7 Å². The summed E-state index contributed by atoms with van der Waals surface area (Å²) in [7, 11) is 1.30. The smallest absolute Gasteiger partial charge is 0.337 e. The van der Waals surface area contributed by atoms with E-state index in [1.165, 1.54) is 13.2 Å². The van der Waals surface area contributed by atoms with Crippen molar-refractivity contribution in [1.29, 1.82) is 0 Å². The van der Waals surface area contributed by atoms with Gasteiger partial charge in [0.05, 0.1) is 12.7 Å². The molecule has 0 heterocycles. The summed E-state index contributed by atoms with van der Waals surface area (Å²) in [5, 5.41) is 2.72. The molecule has 0 saturated heterocycles. The van der Waals surface area contributed by atoms with Gasteiger partial charge in [-0.05, 0) is 42.5 Å². The van der Waals surface area contributed by atoms with Gasteiger partial charge in [-0.3, -0.25) is 4.79 Å². The van der Waals surface area contributed by atoms with Crippen LogP contribution in [0.15, 0.2) is 48.5 Å². The number of nitrogens with two attached hydrogens (primary N) is 1. The second-order valence-electron chi connectivity index (χ2n) is 4.15. The molecule has 0 radical (unpaired) electrons. The maximum atomic E-state index is 12.1. The van der Waals surface area contributed by atoms with E-state index < -0.39 is 5.97 Å². The number of carbonyl (C=O) groups is 2. The Bertz CT molecular complexity index is 636. The monoisotopic (exact) mass is 270 g/mol. The number of carbonyl (C=O) groups excluding carboxylic acids is 2. The summed E-state index contributed by atoms with van der Waals surface area (Å²) in [5.41, 5.74) is 7.54. The Hall–Kier alpha value is -2.82. The molecule has 0 bridgehead atoms. The molecule has 102 valence electrons. The number of ether oxygens (including phenoxy) is 1. The minimum absolute atomic E-state index is 0.305. The van der Waals surface area contributed by atoms with Crippen LogP contribution >= 0.6 is 0 Å². The number of benzene rings is 2. The third-order valence-corrected chi connectivity index (χ3v) is 2.71. The molecule has 2 aromatic rings. The summed E-state index contributed by atoms with van der Waals surface area (Å²) in [6.07, 6.45) is 0. The molecule has 0 saturated carbocycles. The fourth-order valence-electron chi connectivity index (χ4n) is 1.67. The van der Waals surface area contributed by atoms with Crippen molar-refractivity contribution in [2.75, 3.05) is 18.2 Å². The van der Waals surface area contributed by atoms with Gasteiger partial charge in [0.25, 0.3) is 5.91 Å². The van der Waals surface area contributed by atoms with E-state index in [1.54, 1.807) is 42.5 Å². The Morgan fingerprint density at radius 1 is 1.05 bits per heavy atom. The largest absolute Gasteiger partial charge is 0.465 e. The lowest BCUT2D eigenvalue weighted by molar-refractivity contribution is 0.0600. The van der Waals surface area contributed by atoms with Crippen molar-refractivity contribution in [1.82, 2.24) is 0 Å². The summed E-state index contributed by atoms with van der Waals surface area (Å²) < 4.78 is 4.62. The number of hydrogen-bond acceptors (Lipinski definition) is 4. The molecule has 5 nitrogen and oxygen atoms in total. The summed E-state index contributed by atoms with van der Waals surface area (Å²) in [4.78, 5) is 23.5. The van der Waals surface area contributed by atoms with Crippen molar-refractivity contribution in [2.45, 2.75) is 0 Å². The highest BCUT2D eigenvalue weighted by molar-refractivity contribution is 6.05. The lowest BCUT2D eigenvalue weighted by atomic mass is 10.1. The molecule has 0 spiro atoms. The molecule has 0 aromatic heterocycles. The number of rotatable bonds is 3. The summed E-state index contributed by atoms with van der Waals surface area (Å²) in [6, 6.07) is 13.1. The Morgan fingerprint density at radius 2 is 1.70 bits per heavy atom. The molecule has 0 aliphatic rings. The van der Waals surface area contributed by atoms with Gasteiger partial charge < -0.3 is 15.8 Å². The Morgan fingerprint density at radius 3 is 2.35 bits per heavy atom. The molecule has 0 fully saturated rings. The maximum absolute atomic E-state index is 12.1. The molecule has 0 aliphatic heterocycles. The average Bonchev–Trinajstić information content (AvgIpc) is 2.49. The molecular formula is C15H14N2O3. The van der Waals surface area contributed by atoms with Crippen LogP contribution in [0, 0.1) is 0 Å². The third-order valence-electron chi connectivity index (χ3n) is 2.71. The van der Waals surface area contributed by atoms with Gasteiger partial charge >= 0.3 is 5.97 Å². The van der Waals surface area contributed by atoms with Crippen molar-refractivity contribution in [3.8, 4) is 0 Å². The third kappa shape index (κ3) is 3.14. The van der Waals surface area contributed by atoms with E-state index in [0.29, 0.717) is 22.5 Å². The van der Waals surface area contributed by atoms with Crippen LogP contribution in [-0.2, 0) is 4.74 Å². The minimum Gasteiger partial charge on any atom is -0.465 e. The van der Waals surface area contributed by atoms with Crippen LogP contribution in [0.1, 0.15) is 20.7 Å². The maximum Gasteiger partial charge on any atom is 0.337 e. The Balaban J connectivity index is 2.17. The van der Waals surface area contributed by atoms with E-state index in [0.717, 1.165) is 0 Å². The van der Waals surface area contributed by atoms with E-state index >= 15 is 0 Å². The van der Waals surface area contributed by atoms with Gasteiger partial charge in [0.2, 0.25) is 0 Å². The molecule has 2 rings (SSSR count). The number of methoxy groups -OCH3 is 1. The van der Waals surface area contributed by atoms with Gasteiger partial charge in [-0.15, -0.1) is 0 Å². The number of amides is 1. The van der Waals surface area contributed by atoms with Gasteiger partial charge in [0.1, 0.15) is 0 Å². The van der Waals surface area contributed by atoms with Crippen LogP contribution in [-0.4, -0.2) is 19.0 Å². The molecule has 2 aromatic carbocycles. The van der Waals surface area contributed by atoms with E-state index in [9.17, 15) is 9.59 Å². The standard InChI is InChI=1S/C15H14N2O3/c1-20-15(19)11-4-2-3-10(9-11)14(18)17-13-7-5-12(16)6-8-13/h2-9H,16H2,1H3,(H,17,18). The quantitative estimate of drug-likeness (QED) is 0.662. The lowest BCUT2D eigenvalue weighted by Crippen LogP contribution is -2.13. The minimum atomic E-state index is -0.480. The first-order valence-electron chi connectivity index (χ1n) is 5.95. The first-order chi connectivity index (χ1) is 9.60. The van der Waals surface area contributed by atoms with Crippen LogP contribution < -0.4 is 11.1 Å². The SMILES string of the molecule is COC(=O)c1cccc(C(=O)Nc2ccc(N)cc2)c1. The predicted molar refractivity (Wildman–Crippen MR) is 76.6 cm³/mol. The number of nitrogen functional groups attached to an aromatic ring is 1. The first kappa shape index (κ1) is 13.6. The fourth-order valence-corrected chi connectivity index (χ4v) is 1.67. The van der Waals surface area contributed by atoms with Crippen molar-refractivity contribution >= 4 is 23.3 Å². The van der Waals surface area contributed by atoms with Gasteiger partial charge in [-0.1, -0.05) is 6.07 Å². The Labute approximate surface area is 116 Å². The predicted octanol–water partition coefficient (Wildman–Crippen LogP) is 2.31. The Kier molecular flexibility index (Phi) is 4.00. The molecule has 1 amide bonds. The average molecular weight is 270 g/mol. The normalized spacial score (nSPS) is 9.85. The molecular weight excluding hydrogens is 256 g/mol. The molecule has 3 N–H and O–H groups in total. The highest BCUT2D eigenvalue weighted by Gasteiger charge is 2.10. The van der Waals surface area contributed by atoms with Crippen molar-refractivity contribution in [2.24, 2.45) is 0 Å². The molecule has 0 atom stereocenters. The fraction of sp³-hybridized carbons (Fsp3) is 0.0667. The summed E-state index contributed by atoms with van der Waals surface area (Å²) in [6.45, 7) is 0. The highest BCUT2D eigenvalue weighted by Crippen LogP contribution is 2.13. The first-order valence-corrected chi connectivity index (χ1v) is 5.95. The van der Waals surface area contributed by atoms with Crippen LogP contribution in [0.5, 0.6) is 0 Å². The summed E-state index contributed by atoms with van der Waals surface area (Å²) >= 11 is 0. The van der Waals surface area contributed by atoms with Gasteiger partial charge in [-0.25, -0.2) is 4.79 Å². The van der Waals surface area contributed by atoms with E-state index in [-0.39, 0.29) is 5.91 Å². The molecule has 0 unspecified atom stereocenters. The lowest BCUT2D eigenvalue weighted by Gasteiger charge is -2.06. The molecule has 20 heavy (non-hydrogen) atoms. The van der Waals surface area contributed by atoms with Crippen molar-refractivity contribution < 1.29 is 14.3 Å². The summed E-state index contributed by atoms with van der Waals surface area (Å²) in [5.74, 6) is -0.785. The van der Waals surface area contributed by atoms with Crippen molar-refractivity contribution in [3.63, 3.8) is 0 Å². The second-order valence-corrected chi connectivity index (χ2v) is 4.15. The number of esters is 1. The van der Waals surface area contributed by atoms with Gasteiger partial charge in [-0.2, -0.15) is 0 Å². The molecule has 5 heteroatoms.